The van der Waals surface area contributed by atoms with Crippen LogP contribution in [0, 0.1) is 0 Å². The van der Waals surface area contributed by atoms with Gasteiger partial charge in [0, 0.05) is 26.8 Å². The predicted octanol–water partition coefficient (Wildman–Crippen LogP) is 2.14. The molecule has 1 rings (SSSR count). The number of nitrogens with one attached hydrogen (secondary N) is 1. The van der Waals surface area contributed by atoms with Gasteiger partial charge in [-0.15, -0.1) is 0 Å². The van der Waals surface area contributed by atoms with E-state index >= 15 is 0 Å². The van der Waals surface area contributed by atoms with Crippen LogP contribution in [0.15, 0.2) is 30.3 Å². The molecule has 1 aromatic carbocycles. The third-order valence-corrected chi connectivity index (χ3v) is 5.68. The van der Waals surface area contributed by atoms with Gasteiger partial charge in [0.15, 0.2) is 0 Å². The van der Waals surface area contributed by atoms with Crippen molar-refractivity contribution in [1.29, 1.82) is 0 Å². The van der Waals surface area contributed by atoms with Gasteiger partial charge in [0.2, 0.25) is 0 Å². The zero-order valence-electron chi connectivity index (χ0n) is 10.3. The molecule has 0 radical (unpaired) electrons. The molecule has 0 unspecified atom stereocenters. The molecule has 0 aliphatic rings. The molecule has 1 N–H and O–H groups in total. The van der Waals surface area contributed by atoms with E-state index in [2.05, 4.69) is 36.1 Å². The average molecular weight is 239 g/mol. The van der Waals surface area contributed by atoms with Crippen LogP contribution in [0.2, 0.25) is 12.6 Å². The Balaban J connectivity index is 2.22. The Hall–Kier alpha value is -0.683. The Morgan fingerprint density at radius 1 is 1.12 bits per heavy atom. The Bertz CT molecular complexity index is 288. The molecule has 1 aromatic rings. The summed E-state index contributed by atoms with van der Waals surface area (Å²) < 4.78 is 10.8. The van der Waals surface area contributed by atoms with Gasteiger partial charge in [0.05, 0.1) is 0 Å². The van der Waals surface area contributed by atoms with Crippen LogP contribution in [0.25, 0.3) is 0 Å². The lowest BCUT2D eigenvalue weighted by atomic mass is 10.2. The molecule has 3 nitrogen and oxygen atoms in total. The highest BCUT2D eigenvalue weighted by molar-refractivity contribution is 6.66. The summed E-state index contributed by atoms with van der Waals surface area (Å²) in [6, 6.07) is 11.4. The van der Waals surface area contributed by atoms with Gasteiger partial charge >= 0.3 is 8.56 Å². The Kier molecular flexibility index (Phi) is 5.69. The van der Waals surface area contributed by atoms with Crippen LogP contribution >= 0.6 is 0 Å². The Labute approximate surface area is 99.0 Å². The quantitative estimate of drug-likeness (QED) is 0.584. The van der Waals surface area contributed by atoms with Gasteiger partial charge in [-0.3, -0.25) is 0 Å². The number of hydrogen-bond acceptors (Lipinski definition) is 3. The van der Waals surface area contributed by atoms with Crippen LogP contribution in [0.4, 0.5) is 0 Å². The molecule has 90 valence electrons. The molecular formula is C12H21NO2Si. The number of hydrogen-bond donors (Lipinski definition) is 1. The van der Waals surface area contributed by atoms with Crippen molar-refractivity contribution in [2.45, 2.75) is 19.1 Å². The first kappa shape index (κ1) is 13.4. The minimum absolute atomic E-state index is 0.902. The average Bonchev–Trinajstić information content (AvgIpc) is 2.36. The van der Waals surface area contributed by atoms with E-state index in [9.17, 15) is 0 Å². The van der Waals surface area contributed by atoms with Crippen molar-refractivity contribution in [3.63, 3.8) is 0 Å². The topological polar surface area (TPSA) is 30.5 Å². The van der Waals surface area contributed by atoms with Crippen molar-refractivity contribution in [3.05, 3.63) is 35.9 Å². The fraction of sp³-hybridized carbons (Fsp3) is 0.500. The lowest BCUT2D eigenvalue weighted by Gasteiger charge is -2.22. The maximum absolute atomic E-state index is 5.42. The lowest BCUT2D eigenvalue weighted by molar-refractivity contribution is 0.249. The predicted molar refractivity (Wildman–Crippen MR) is 68.6 cm³/mol. The third kappa shape index (κ3) is 4.45. The van der Waals surface area contributed by atoms with Gasteiger partial charge in [0.25, 0.3) is 0 Å². The maximum Gasteiger partial charge on any atom is 0.335 e. The first-order valence-electron chi connectivity index (χ1n) is 5.55. The van der Waals surface area contributed by atoms with E-state index in [1.165, 1.54) is 5.56 Å². The highest BCUT2D eigenvalue weighted by Crippen LogP contribution is 2.09. The van der Waals surface area contributed by atoms with Crippen LogP contribution in [0.1, 0.15) is 5.56 Å². The summed E-state index contributed by atoms with van der Waals surface area (Å²) >= 11 is 0. The second-order valence-electron chi connectivity index (χ2n) is 3.95. The molecule has 0 fully saturated rings. The van der Waals surface area contributed by atoms with Gasteiger partial charge in [-0.1, -0.05) is 30.3 Å². The Morgan fingerprint density at radius 2 is 1.75 bits per heavy atom. The van der Waals surface area contributed by atoms with Gasteiger partial charge in [-0.2, -0.15) is 0 Å². The molecule has 0 aliphatic heterocycles. The second-order valence-corrected chi connectivity index (χ2v) is 7.54. The van der Waals surface area contributed by atoms with Crippen molar-refractivity contribution < 1.29 is 8.85 Å². The summed E-state index contributed by atoms with van der Waals surface area (Å²) in [5, 5.41) is 3.40. The van der Waals surface area contributed by atoms with Crippen molar-refractivity contribution in [2.24, 2.45) is 0 Å². The summed E-state index contributed by atoms with van der Waals surface area (Å²) in [7, 11) is 1.56. The van der Waals surface area contributed by atoms with E-state index in [1.807, 2.05) is 6.07 Å². The van der Waals surface area contributed by atoms with Gasteiger partial charge in [-0.25, -0.2) is 0 Å². The molecule has 0 heterocycles. The van der Waals surface area contributed by atoms with E-state index < -0.39 is 8.56 Å². The fourth-order valence-corrected chi connectivity index (χ4v) is 2.64. The molecule has 0 atom stereocenters. The zero-order valence-corrected chi connectivity index (χ0v) is 11.3. The molecule has 0 saturated heterocycles. The van der Waals surface area contributed by atoms with E-state index in [-0.39, 0.29) is 0 Å². The fourth-order valence-electron chi connectivity index (χ4n) is 1.43. The summed E-state index contributed by atoms with van der Waals surface area (Å²) in [6.45, 7) is 3.91. The lowest BCUT2D eigenvalue weighted by Crippen LogP contribution is -2.39. The third-order valence-electron chi connectivity index (χ3n) is 2.79. The first-order chi connectivity index (χ1) is 7.70. The summed E-state index contributed by atoms with van der Waals surface area (Å²) in [5.41, 5.74) is 1.31. The molecule has 0 aliphatic carbocycles. The van der Waals surface area contributed by atoms with Gasteiger partial charge < -0.3 is 14.2 Å². The van der Waals surface area contributed by atoms with Crippen molar-refractivity contribution in [1.82, 2.24) is 5.32 Å². The smallest absolute Gasteiger partial charge is 0.335 e. The minimum atomic E-state index is -1.90. The minimum Gasteiger partial charge on any atom is -0.398 e. The number of rotatable bonds is 7. The summed E-state index contributed by atoms with van der Waals surface area (Å²) in [4.78, 5) is 0. The molecule has 0 saturated carbocycles. The summed E-state index contributed by atoms with van der Waals surface area (Å²) in [6.07, 6.45) is 0. The van der Waals surface area contributed by atoms with Crippen LogP contribution in [0.5, 0.6) is 0 Å². The van der Waals surface area contributed by atoms with Crippen molar-refractivity contribution in [2.75, 3.05) is 20.8 Å². The highest BCUT2D eigenvalue weighted by atomic mass is 28.4. The van der Waals surface area contributed by atoms with Crippen LogP contribution in [-0.2, 0) is 15.4 Å². The van der Waals surface area contributed by atoms with Crippen LogP contribution < -0.4 is 5.32 Å². The largest absolute Gasteiger partial charge is 0.398 e. The number of benzene rings is 1. The SMILES string of the molecule is CO[Si](C)(CCNCc1ccccc1)OC. The molecule has 0 bridgehead atoms. The molecule has 0 amide bonds. The standard InChI is InChI=1S/C12H21NO2Si/c1-14-16(3,15-2)10-9-13-11-12-7-5-4-6-8-12/h4-8,13H,9-11H2,1-3H3. The van der Waals surface area contributed by atoms with Crippen molar-refractivity contribution in [3.8, 4) is 0 Å². The molecule has 4 heteroatoms. The first-order valence-corrected chi connectivity index (χ1v) is 8.07. The zero-order chi connectivity index (χ0) is 11.9. The normalized spacial score (nSPS) is 11.7. The van der Waals surface area contributed by atoms with E-state index in [0.717, 1.165) is 19.1 Å². The van der Waals surface area contributed by atoms with Gasteiger partial charge in [0.1, 0.15) is 0 Å². The van der Waals surface area contributed by atoms with Crippen LogP contribution in [-0.4, -0.2) is 29.3 Å². The Morgan fingerprint density at radius 3 is 2.31 bits per heavy atom. The second kappa shape index (κ2) is 6.80. The van der Waals surface area contributed by atoms with Crippen molar-refractivity contribution >= 4 is 8.56 Å². The maximum atomic E-state index is 5.42. The molecular weight excluding hydrogens is 218 g/mol. The van der Waals surface area contributed by atoms with Crippen LogP contribution in [0.3, 0.4) is 0 Å². The highest BCUT2D eigenvalue weighted by Gasteiger charge is 2.27. The van der Waals surface area contributed by atoms with Gasteiger partial charge in [-0.05, 0) is 18.7 Å². The monoisotopic (exact) mass is 239 g/mol. The van der Waals surface area contributed by atoms with E-state index in [4.69, 9.17) is 8.85 Å². The molecule has 0 aromatic heterocycles. The summed E-state index contributed by atoms with van der Waals surface area (Å²) in [5.74, 6) is 0. The molecule has 0 spiro atoms. The van der Waals surface area contributed by atoms with E-state index in [0.29, 0.717) is 0 Å². The van der Waals surface area contributed by atoms with E-state index in [1.54, 1.807) is 14.2 Å². The molecule has 16 heavy (non-hydrogen) atoms.